The lowest BCUT2D eigenvalue weighted by Crippen LogP contribution is -1.67. The normalized spacial score (nSPS) is 15.8. The van der Waals surface area contributed by atoms with E-state index >= 15 is 0 Å². The summed E-state index contributed by atoms with van der Waals surface area (Å²) in [5, 5.41) is 9.28. The molecular formula is CHClIO. The van der Waals surface area contributed by atoms with Crippen molar-refractivity contribution in [1.82, 2.24) is 0 Å². The van der Waals surface area contributed by atoms with Gasteiger partial charge in [0, 0.05) is 0 Å². The van der Waals surface area contributed by atoms with Crippen LogP contribution in [0.5, 0.6) is 0 Å². The van der Waals surface area contributed by atoms with Crippen molar-refractivity contribution in [3.63, 3.8) is 0 Å². The van der Waals surface area contributed by atoms with Gasteiger partial charge in [-0.1, -0.05) is 11.6 Å². The molecule has 4 heavy (non-hydrogen) atoms. The van der Waals surface area contributed by atoms with Crippen molar-refractivity contribution in [3.8, 4) is 0 Å². The van der Waals surface area contributed by atoms with E-state index in [9.17, 15) is 5.11 Å². The fraction of sp³-hybridized carbons (Fsp3) is 1.00. The first kappa shape index (κ1) is 4.98. The summed E-state index contributed by atoms with van der Waals surface area (Å²) in [5.74, 6) is 0. The zero-order chi connectivity index (χ0) is 3.58. The van der Waals surface area contributed by atoms with Gasteiger partial charge in [-0.15, -0.1) is 0 Å². The summed E-state index contributed by atoms with van der Waals surface area (Å²) in [6.07, 6.45) is 0. The molecule has 3 heteroatoms. The van der Waals surface area contributed by atoms with Crippen LogP contribution >= 0.6 is 34.2 Å². The van der Waals surface area contributed by atoms with Gasteiger partial charge in [0.2, 0.25) is 3.57 Å². The van der Waals surface area contributed by atoms with Crippen molar-refractivity contribution >= 4 is 34.2 Å². The lowest BCUT2D eigenvalue weighted by molar-refractivity contribution is 0.240. The summed E-state index contributed by atoms with van der Waals surface area (Å²) < 4.78 is -0.974. The molecule has 0 N–H and O–H groups in total. The van der Waals surface area contributed by atoms with Crippen molar-refractivity contribution in [2.45, 2.75) is 3.57 Å². The molecule has 0 aromatic rings. The average molecular weight is 191 g/mol. The summed E-state index contributed by atoms with van der Waals surface area (Å²) >= 11 is 6.26. The highest BCUT2D eigenvalue weighted by molar-refractivity contribution is 14.1. The molecule has 0 heterocycles. The smallest absolute Gasteiger partial charge is 0.204 e. The fourth-order valence-electron chi connectivity index (χ4n) is 0. The summed E-state index contributed by atoms with van der Waals surface area (Å²) in [6.45, 7) is 0. The first-order valence-corrected chi connectivity index (χ1v) is 2.35. The Kier molecular flexibility index (Phi) is 2.78. The van der Waals surface area contributed by atoms with E-state index in [2.05, 4.69) is 0 Å². The highest BCUT2D eigenvalue weighted by Crippen LogP contribution is 1.97. The maximum absolute atomic E-state index is 9.28. The van der Waals surface area contributed by atoms with Crippen molar-refractivity contribution in [2.24, 2.45) is 0 Å². The topological polar surface area (TPSA) is 19.9 Å². The van der Waals surface area contributed by atoms with Gasteiger partial charge in [0.25, 0.3) is 0 Å². The predicted molar refractivity (Wildman–Crippen MR) is 24.3 cm³/mol. The molecule has 25 valence electrons. The molecule has 0 amide bonds. The minimum atomic E-state index is -0.974. The first-order valence-electron chi connectivity index (χ1n) is 0.672. The highest BCUT2D eigenvalue weighted by atomic mass is 127. The fourth-order valence-corrected chi connectivity index (χ4v) is 0. The Morgan fingerprint density at radius 1 is 2.00 bits per heavy atom. The zero-order valence-electron chi connectivity index (χ0n) is 1.74. The average Bonchev–Trinajstić information content (AvgIpc) is 0.811. The van der Waals surface area contributed by atoms with Gasteiger partial charge in [-0.05, 0) is 22.6 Å². The highest BCUT2D eigenvalue weighted by Gasteiger charge is 1.80. The molecule has 1 radical (unpaired) electrons. The van der Waals surface area contributed by atoms with Crippen LogP contribution < -0.4 is 0 Å². The SMILES string of the molecule is [O]C(Cl)I. The molecule has 0 aliphatic carbocycles. The van der Waals surface area contributed by atoms with E-state index in [-0.39, 0.29) is 0 Å². The molecule has 0 aliphatic rings. The minimum Gasteiger partial charge on any atom is -0.204 e. The van der Waals surface area contributed by atoms with Crippen LogP contribution in [0.4, 0.5) is 0 Å². The van der Waals surface area contributed by atoms with E-state index in [0.29, 0.717) is 0 Å². The predicted octanol–water partition coefficient (Wildman–Crippen LogP) is 1.37. The molecular weight excluding hydrogens is 190 g/mol. The first-order chi connectivity index (χ1) is 1.73. The van der Waals surface area contributed by atoms with Crippen molar-refractivity contribution in [2.75, 3.05) is 0 Å². The maximum atomic E-state index is 9.28. The molecule has 1 atom stereocenters. The third-order valence-corrected chi connectivity index (χ3v) is 0. The Bertz CT molecular complexity index is 12.8. The van der Waals surface area contributed by atoms with Gasteiger partial charge in [-0.3, -0.25) is 0 Å². The van der Waals surface area contributed by atoms with E-state index in [0.717, 1.165) is 0 Å². The van der Waals surface area contributed by atoms with Crippen LogP contribution in [0.25, 0.3) is 0 Å². The molecule has 0 saturated heterocycles. The second-order valence-electron chi connectivity index (χ2n) is 0.261. The van der Waals surface area contributed by atoms with E-state index < -0.39 is 3.57 Å². The van der Waals surface area contributed by atoms with Crippen LogP contribution in [0.2, 0.25) is 0 Å². The van der Waals surface area contributed by atoms with Crippen LogP contribution in [-0.2, 0) is 5.11 Å². The monoisotopic (exact) mass is 191 g/mol. The third kappa shape index (κ3) is 12.2. The van der Waals surface area contributed by atoms with Crippen molar-refractivity contribution in [3.05, 3.63) is 0 Å². The second-order valence-corrected chi connectivity index (χ2v) is 2.52. The third-order valence-electron chi connectivity index (χ3n) is 0. The quantitative estimate of drug-likeness (QED) is 0.407. The summed E-state index contributed by atoms with van der Waals surface area (Å²) in [6, 6.07) is 0. The standard InChI is InChI=1S/CHClIO/c2-1(3)4/h1H. The molecule has 0 bridgehead atoms. The Labute approximate surface area is 43.1 Å². The van der Waals surface area contributed by atoms with Crippen LogP contribution in [0.1, 0.15) is 0 Å². The van der Waals surface area contributed by atoms with Gasteiger partial charge >= 0.3 is 0 Å². The summed E-state index contributed by atoms with van der Waals surface area (Å²) in [7, 11) is 0. The van der Waals surface area contributed by atoms with Crippen LogP contribution in [-0.4, -0.2) is 3.57 Å². The molecule has 1 unspecified atom stereocenters. The number of rotatable bonds is 0. The Morgan fingerprint density at radius 3 is 2.00 bits per heavy atom. The van der Waals surface area contributed by atoms with E-state index in [1.165, 1.54) is 0 Å². The maximum Gasteiger partial charge on any atom is 0.216 e. The summed E-state index contributed by atoms with van der Waals surface area (Å²) in [5.41, 5.74) is 0. The lowest BCUT2D eigenvalue weighted by Gasteiger charge is -1.68. The van der Waals surface area contributed by atoms with Crippen LogP contribution in [0.3, 0.4) is 0 Å². The molecule has 0 fully saturated rings. The van der Waals surface area contributed by atoms with Crippen molar-refractivity contribution < 1.29 is 5.11 Å². The van der Waals surface area contributed by atoms with Gasteiger partial charge in [0.05, 0.1) is 0 Å². The van der Waals surface area contributed by atoms with Gasteiger partial charge in [0.15, 0.2) is 0 Å². The molecule has 0 aliphatic heterocycles. The number of halogens is 2. The van der Waals surface area contributed by atoms with Crippen LogP contribution in [0.15, 0.2) is 0 Å². The van der Waals surface area contributed by atoms with E-state index in [4.69, 9.17) is 11.6 Å². The van der Waals surface area contributed by atoms with E-state index in [1.807, 2.05) is 0 Å². The van der Waals surface area contributed by atoms with Gasteiger partial charge in [-0.2, -0.15) is 0 Å². The molecule has 0 aromatic heterocycles. The minimum absolute atomic E-state index is 0.974. The number of alkyl halides is 2. The molecule has 0 saturated carbocycles. The Morgan fingerprint density at radius 2 is 2.00 bits per heavy atom. The molecule has 0 spiro atoms. The van der Waals surface area contributed by atoms with E-state index in [1.54, 1.807) is 22.6 Å². The largest absolute Gasteiger partial charge is 0.216 e. The Balaban J connectivity index is 2.32. The molecule has 1 nitrogen and oxygen atoms in total. The Hall–Kier alpha value is 0.980. The number of hydrogen-bond acceptors (Lipinski definition) is 0. The van der Waals surface area contributed by atoms with Gasteiger partial charge in [0.1, 0.15) is 0 Å². The van der Waals surface area contributed by atoms with Crippen LogP contribution in [0, 0.1) is 0 Å². The van der Waals surface area contributed by atoms with Gasteiger partial charge in [-0.25, -0.2) is 5.11 Å². The molecule has 0 aromatic carbocycles. The zero-order valence-corrected chi connectivity index (χ0v) is 4.65. The summed E-state index contributed by atoms with van der Waals surface area (Å²) in [4.78, 5) is 0. The van der Waals surface area contributed by atoms with Gasteiger partial charge < -0.3 is 0 Å². The lowest BCUT2D eigenvalue weighted by atomic mass is 11.7. The van der Waals surface area contributed by atoms with Crippen molar-refractivity contribution in [1.29, 1.82) is 0 Å². The second kappa shape index (κ2) is 2.23. The number of hydrogen-bond donors (Lipinski definition) is 0. The molecule has 0 rings (SSSR count).